The molecule has 2 aliphatic carbocycles. The first-order valence-electron chi connectivity index (χ1n) is 13.4. The third kappa shape index (κ3) is 4.91. The van der Waals surface area contributed by atoms with Crippen molar-refractivity contribution in [2.75, 3.05) is 6.54 Å². The number of hydrogen-bond donors (Lipinski definition) is 0. The molecule has 3 amide bonds. The Hall–Kier alpha value is -3.09. The molecule has 3 aromatic rings. The van der Waals surface area contributed by atoms with E-state index in [1.165, 1.54) is 72.8 Å². The van der Waals surface area contributed by atoms with Crippen molar-refractivity contribution in [3.05, 3.63) is 109 Å². The molecule has 242 valence electrons. The standard InChI is InChI=1S/C30H16Cl7N3O7/c31-16-5-1-15(2-6-16)25(42)38(13-20(41)14-3-9-18(10-4-14)47-19-11-7-17(8-12-19)40(45)46)39-26(43)21-22(27(39)44)29(35)24(33)23(32)28(21,34)30(29,36)37/h1-12,21-22H,13H2/t21-,22-,28+,29+/m0/s1. The second kappa shape index (κ2) is 11.8. The van der Waals surface area contributed by atoms with E-state index in [-0.39, 0.29) is 26.9 Å². The number of alkyl halides is 4. The fourth-order valence-electron chi connectivity index (χ4n) is 5.90. The van der Waals surface area contributed by atoms with Gasteiger partial charge in [0.25, 0.3) is 23.4 Å². The average molecular weight is 779 g/mol. The van der Waals surface area contributed by atoms with Crippen LogP contribution in [0.1, 0.15) is 20.7 Å². The van der Waals surface area contributed by atoms with Gasteiger partial charge in [-0.1, -0.05) is 58.0 Å². The fraction of sp³-hybridized carbons (Fsp3) is 0.200. The van der Waals surface area contributed by atoms with E-state index >= 15 is 0 Å². The SMILES string of the molecule is O=C(CN(C(=O)c1ccc(Cl)cc1)N1C(=O)[C@@H]2[C@@H](C1=O)[C@@]1(Cl)C(Cl)=C(Cl)[C@@]2(Cl)C1(Cl)Cl)c1ccc(Oc2ccc([N+](=O)[O-])cc2)cc1. The van der Waals surface area contributed by atoms with Gasteiger partial charge in [0.05, 0.1) is 26.8 Å². The molecule has 2 fully saturated rings. The topological polar surface area (TPSA) is 127 Å². The molecule has 0 unspecified atom stereocenters. The van der Waals surface area contributed by atoms with E-state index in [0.717, 1.165) is 0 Å². The number of rotatable bonds is 8. The van der Waals surface area contributed by atoms with E-state index in [9.17, 15) is 29.3 Å². The number of allylic oxidation sites excluding steroid dienone is 2. The number of benzene rings is 3. The molecular weight excluding hydrogens is 763 g/mol. The fourth-order valence-corrected chi connectivity index (χ4v) is 8.96. The molecule has 47 heavy (non-hydrogen) atoms. The van der Waals surface area contributed by atoms with Gasteiger partial charge in [-0.2, -0.15) is 5.01 Å². The molecule has 1 saturated heterocycles. The number of nitrogens with zero attached hydrogens (tertiary/aromatic N) is 3. The quantitative estimate of drug-likeness (QED) is 0.0754. The van der Waals surface area contributed by atoms with E-state index in [1.807, 2.05) is 0 Å². The minimum Gasteiger partial charge on any atom is -0.457 e. The predicted octanol–water partition coefficient (Wildman–Crippen LogP) is 7.73. The van der Waals surface area contributed by atoms with Crippen molar-refractivity contribution in [1.29, 1.82) is 0 Å². The summed E-state index contributed by atoms with van der Waals surface area (Å²) in [4.78, 5) is 61.7. The molecular formula is C30H16Cl7N3O7. The van der Waals surface area contributed by atoms with Gasteiger partial charge in [0.15, 0.2) is 10.1 Å². The normalized spacial score (nSPS) is 25.6. The summed E-state index contributed by atoms with van der Waals surface area (Å²) < 4.78 is 3.50. The summed E-state index contributed by atoms with van der Waals surface area (Å²) in [7, 11) is 0. The first-order chi connectivity index (χ1) is 22.0. The van der Waals surface area contributed by atoms with Crippen LogP contribution >= 0.6 is 81.2 Å². The molecule has 4 atom stereocenters. The number of non-ortho nitro benzene ring substituents is 1. The lowest BCUT2D eigenvalue weighted by atomic mass is 9.84. The molecule has 0 aromatic heterocycles. The van der Waals surface area contributed by atoms with Crippen molar-refractivity contribution in [2.24, 2.45) is 11.8 Å². The highest BCUT2D eigenvalue weighted by Gasteiger charge is 2.88. The highest BCUT2D eigenvalue weighted by atomic mass is 35.5. The number of fused-ring (bicyclic) bond motifs is 5. The van der Waals surface area contributed by atoms with Crippen LogP contribution in [0.3, 0.4) is 0 Å². The number of halogens is 7. The van der Waals surface area contributed by atoms with E-state index in [1.54, 1.807) is 0 Å². The van der Waals surface area contributed by atoms with Crippen molar-refractivity contribution >= 4 is 110 Å². The summed E-state index contributed by atoms with van der Waals surface area (Å²) in [6, 6.07) is 16.6. The number of amides is 3. The molecule has 3 aliphatic rings. The third-order valence-electron chi connectivity index (χ3n) is 8.21. The van der Waals surface area contributed by atoms with E-state index in [4.69, 9.17) is 85.9 Å². The summed E-state index contributed by atoms with van der Waals surface area (Å²) in [5, 5.41) is 11.8. The first-order valence-corrected chi connectivity index (χ1v) is 16.0. The van der Waals surface area contributed by atoms with E-state index in [0.29, 0.717) is 26.5 Å². The summed E-state index contributed by atoms with van der Waals surface area (Å²) in [5.41, 5.74) is -0.0314. The van der Waals surface area contributed by atoms with Gasteiger partial charge in [-0.05, 0) is 60.7 Å². The second-order valence-corrected chi connectivity index (χ2v) is 14.5. The lowest BCUT2D eigenvalue weighted by Crippen LogP contribution is -2.56. The number of nitro groups is 1. The Kier molecular flexibility index (Phi) is 8.49. The molecule has 3 aromatic carbocycles. The van der Waals surface area contributed by atoms with Crippen molar-refractivity contribution in [1.82, 2.24) is 10.0 Å². The number of ketones is 1. The minimum atomic E-state index is -2.19. The van der Waals surface area contributed by atoms with Crippen LogP contribution in [0.2, 0.25) is 5.02 Å². The number of ether oxygens (including phenoxy) is 1. The van der Waals surface area contributed by atoms with Gasteiger partial charge in [-0.25, -0.2) is 5.01 Å². The second-order valence-electron chi connectivity index (χ2n) is 10.7. The Morgan fingerprint density at radius 2 is 1.21 bits per heavy atom. The summed E-state index contributed by atoms with van der Waals surface area (Å²) in [6.07, 6.45) is 0. The number of Topliss-reactive ketones (excluding diaryl/α,β-unsaturated/α-hetero) is 1. The van der Waals surface area contributed by atoms with E-state index < -0.39 is 60.9 Å². The van der Waals surface area contributed by atoms with Crippen LogP contribution in [0.5, 0.6) is 11.5 Å². The Balaban J connectivity index is 1.31. The molecule has 0 spiro atoms. The minimum absolute atomic E-state index is 0.00549. The van der Waals surface area contributed by atoms with Gasteiger partial charge in [0.2, 0.25) is 0 Å². The van der Waals surface area contributed by atoms with Crippen LogP contribution in [0, 0.1) is 22.0 Å². The zero-order valence-corrected chi connectivity index (χ0v) is 28.4. The van der Waals surface area contributed by atoms with Crippen molar-refractivity contribution < 1.29 is 28.8 Å². The van der Waals surface area contributed by atoms with Crippen LogP contribution in [-0.2, 0) is 9.59 Å². The maximum absolute atomic E-state index is 14.0. The first kappa shape index (κ1) is 33.8. The number of hydrogen-bond acceptors (Lipinski definition) is 7. The van der Waals surface area contributed by atoms with Crippen LogP contribution in [0.4, 0.5) is 5.69 Å². The van der Waals surface area contributed by atoms with Gasteiger partial charge in [0.1, 0.15) is 27.8 Å². The third-order valence-corrected chi connectivity index (χ3v) is 12.7. The lowest BCUT2D eigenvalue weighted by Gasteiger charge is -2.36. The summed E-state index contributed by atoms with van der Waals surface area (Å²) >= 11 is 45.5. The number of carbonyl (C=O) groups excluding carboxylic acids is 4. The summed E-state index contributed by atoms with van der Waals surface area (Å²) in [5.74, 6) is -6.08. The molecule has 2 bridgehead atoms. The average Bonchev–Trinajstić information content (AvgIpc) is 3.43. The van der Waals surface area contributed by atoms with Gasteiger partial charge in [-0.15, -0.1) is 23.2 Å². The Labute approximate surface area is 300 Å². The van der Waals surface area contributed by atoms with Crippen LogP contribution in [0.15, 0.2) is 82.9 Å². The predicted molar refractivity (Wildman–Crippen MR) is 176 cm³/mol. The molecule has 1 aliphatic heterocycles. The Morgan fingerprint density at radius 3 is 1.68 bits per heavy atom. The van der Waals surface area contributed by atoms with Crippen molar-refractivity contribution in [3.63, 3.8) is 0 Å². The molecule has 1 saturated carbocycles. The lowest BCUT2D eigenvalue weighted by molar-refractivity contribution is -0.384. The van der Waals surface area contributed by atoms with Crippen LogP contribution < -0.4 is 4.74 Å². The number of imide groups is 1. The highest BCUT2D eigenvalue weighted by molar-refractivity contribution is 6.66. The van der Waals surface area contributed by atoms with Gasteiger partial charge >= 0.3 is 0 Å². The molecule has 17 heteroatoms. The zero-order valence-electron chi connectivity index (χ0n) is 23.1. The Morgan fingerprint density at radius 1 is 0.766 bits per heavy atom. The highest BCUT2D eigenvalue weighted by Crippen LogP contribution is 2.77. The molecule has 10 nitrogen and oxygen atoms in total. The Bertz CT molecular complexity index is 1860. The van der Waals surface area contributed by atoms with Crippen LogP contribution in [-0.4, -0.2) is 59.1 Å². The molecule has 1 heterocycles. The van der Waals surface area contributed by atoms with E-state index in [2.05, 4.69) is 0 Å². The molecule has 6 rings (SSSR count). The van der Waals surface area contributed by atoms with Crippen LogP contribution in [0.25, 0.3) is 0 Å². The van der Waals surface area contributed by atoms with Gasteiger partial charge in [-0.3, -0.25) is 29.3 Å². The smallest absolute Gasteiger partial charge is 0.273 e. The number of nitro benzene ring substituents is 1. The maximum atomic E-state index is 14.0. The van der Waals surface area contributed by atoms with Gasteiger partial charge in [0, 0.05) is 28.3 Å². The largest absolute Gasteiger partial charge is 0.457 e. The maximum Gasteiger partial charge on any atom is 0.273 e. The summed E-state index contributed by atoms with van der Waals surface area (Å²) in [6.45, 7) is -0.784. The zero-order chi connectivity index (χ0) is 34.2. The molecule has 0 radical (unpaired) electrons. The number of carbonyl (C=O) groups is 4. The van der Waals surface area contributed by atoms with Crippen molar-refractivity contribution in [3.8, 4) is 11.5 Å². The molecule has 0 N–H and O–H groups in total. The monoisotopic (exact) mass is 775 g/mol. The number of hydrazine groups is 1. The van der Waals surface area contributed by atoms with Crippen molar-refractivity contribution in [2.45, 2.75) is 14.1 Å². The van der Waals surface area contributed by atoms with Gasteiger partial charge < -0.3 is 4.74 Å².